The van der Waals surface area contributed by atoms with Gasteiger partial charge in [-0.25, -0.2) is 4.39 Å². The second-order valence-corrected chi connectivity index (χ2v) is 4.68. The van der Waals surface area contributed by atoms with Gasteiger partial charge in [-0.05, 0) is 36.6 Å². The fourth-order valence-corrected chi connectivity index (χ4v) is 2.02. The summed E-state index contributed by atoms with van der Waals surface area (Å²) in [5, 5.41) is 6.75. The van der Waals surface area contributed by atoms with Gasteiger partial charge in [-0.3, -0.25) is 9.48 Å². The van der Waals surface area contributed by atoms with E-state index in [9.17, 15) is 9.18 Å². The average Bonchev–Trinajstić information content (AvgIpc) is 2.71. The summed E-state index contributed by atoms with van der Waals surface area (Å²) in [5.41, 5.74) is 8.13. The van der Waals surface area contributed by atoms with Crippen LogP contribution in [0.15, 0.2) is 24.4 Å². The lowest BCUT2D eigenvalue weighted by Gasteiger charge is -2.07. The minimum absolute atomic E-state index is 0.225. The molecule has 6 heteroatoms. The maximum absolute atomic E-state index is 13.0. The molecule has 0 unspecified atom stereocenters. The van der Waals surface area contributed by atoms with Gasteiger partial charge in [-0.15, -0.1) is 0 Å². The number of nitrogens with zero attached hydrogens (tertiary/aromatic N) is 2. The van der Waals surface area contributed by atoms with Crippen molar-refractivity contribution in [2.75, 3.05) is 12.3 Å². The summed E-state index contributed by atoms with van der Waals surface area (Å²) in [6.45, 7) is 2.29. The zero-order valence-corrected chi connectivity index (χ0v) is 11.5. The quantitative estimate of drug-likeness (QED) is 0.887. The van der Waals surface area contributed by atoms with Crippen LogP contribution in [0.2, 0.25) is 0 Å². The third kappa shape index (κ3) is 3.14. The number of hydrogen-bond acceptors (Lipinski definition) is 3. The molecule has 20 heavy (non-hydrogen) atoms. The molecule has 0 saturated heterocycles. The average molecular weight is 276 g/mol. The monoisotopic (exact) mass is 276 g/mol. The van der Waals surface area contributed by atoms with Gasteiger partial charge < -0.3 is 11.1 Å². The molecule has 0 aliphatic heterocycles. The highest BCUT2D eigenvalue weighted by molar-refractivity contribution is 5.96. The highest BCUT2D eigenvalue weighted by Gasteiger charge is 2.13. The minimum atomic E-state index is -0.303. The van der Waals surface area contributed by atoms with Crippen LogP contribution in [0.25, 0.3) is 0 Å². The van der Waals surface area contributed by atoms with Gasteiger partial charge in [0, 0.05) is 19.8 Å². The third-order valence-corrected chi connectivity index (χ3v) is 3.06. The SMILES string of the molecule is Cc1cc(F)ccc1CCNC(=O)c1nn(C)cc1N. The Hall–Kier alpha value is -2.37. The van der Waals surface area contributed by atoms with Crippen molar-refractivity contribution in [3.63, 3.8) is 0 Å². The van der Waals surface area contributed by atoms with Crippen molar-refractivity contribution in [1.29, 1.82) is 0 Å². The number of anilines is 1. The number of hydrogen-bond donors (Lipinski definition) is 2. The fraction of sp³-hybridized carbons (Fsp3) is 0.286. The fourth-order valence-electron chi connectivity index (χ4n) is 2.02. The molecule has 0 aliphatic carbocycles. The van der Waals surface area contributed by atoms with Crippen molar-refractivity contribution >= 4 is 11.6 Å². The number of nitrogens with one attached hydrogen (secondary N) is 1. The van der Waals surface area contributed by atoms with Crippen molar-refractivity contribution in [2.45, 2.75) is 13.3 Å². The number of nitrogens with two attached hydrogens (primary N) is 1. The predicted octanol–water partition coefficient (Wildman–Crippen LogP) is 1.42. The Morgan fingerprint density at radius 1 is 1.50 bits per heavy atom. The maximum atomic E-state index is 13.0. The van der Waals surface area contributed by atoms with E-state index in [0.29, 0.717) is 18.7 Å². The molecular formula is C14H17FN4O. The first-order valence-electron chi connectivity index (χ1n) is 6.29. The molecule has 106 valence electrons. The molecule has 0 radical (unpaired) electrons. The Morgan fingerprint density at radius 2 is 2.25 bits per heavy atom. The lowest BCUT2D eigenvalue weighted by atomic mass is 10.1. The molecule has 0 fully saturated rings. The zero-order chi connectivity index (χ0) is 14.7. The highest BCUT2D eigenvalue weighted by atomic mass is 19.1. The van der Waals surface area contributed by atoms with E-state index in [4.69, 9.17) is 5.73 Å². The molecule has 5 nitrogen and oxygen atoms in total. The van der Waals surface area contributed by atoms with Crippen LogP contribution in [-0.2, 0) is 13.5 Å². The van der Waals surface area contributed by atoms with Crippen LogP contribution in [0.1, 0.15) is 21.6 Å². The molecule has 0 atom stereocenters. The van der Waals surface area contributed by atoms with Crippen LogP contribution >= 0.6 is 0 Å². The first kappa shape index (κ1) is 14.0. The van der Waals surface area contributed by atoms with Crippen LogP contribution in [0.4, 0.5) is 10.1 Å². The number of carbonyl (C=O) groups excluding carboxylic acids is 1. The van der Waals surface area contributed by atoms with Crippen molar-refractivity contribution in [3.05, 3.63) is 47.0 Å². The number of rotatable bonds is 4. The van der Waals surface area contributed by atoms with Crippen LogP contribution < -0.4 is 11.1 Å². The molecule has 2 rings (SSSR count). The van der Waals surface area contributed by atoms with E-state index in [-0.39, 0.29) is 17.4 Å². The van der Waals surface area contributed by atoms with E-state index in [1.165, 1.54) is 16.8 Å². The van der Waals surface area contributed by atoms with Crippen LogP contribution in [0.5, 0.6) is 0 Å². The molecule has 0 saturated carbocycles. The number of nitrogen functional groups attached to an aromatic ring is 1. The molecule has 0 bridgehead atoms. The highest BCUT2D eigenvalue weighted by Crippen LogP contribution is 2.11. The number of aryl methyl sites for hydroxylation is 2. The van der Waals surface area contributed by atoms with E-state index < -0.39 is 0 Å². The lowest BCUT2D eigenvalue weighted by Crippen LogP contribution is -2.27. The number of benzene rings is 1. The molecule has 0 spiro atoms. The van der Waals surface area contributed by atoms with Gasteiger partial charge in [0.2, 0.25) is 0 Å². The summed E-state index contributed by atoms with van der Waals surface area (Å²) in [5.74, 6) is -0.556. The Morgan fingerprint density at radius 3 is 2.85 bits per heavy atom. The van der Waals surface area contributed by atoms with E-state index >= 15 is 0 Å². The first-order chi connectivity index (χ1) is 9.47. The zero-order valence-electron chi connectivity index (χ0n) is 11.5. The largest absolute Gasteiger partial charge is 0.396 e. The summed E-state index contributed by atoms with van der Waals surface area (Å²) in [6.07, 6.45) is 2.21. The van der Waals surface area contributed by atoms with Gasteiger partial charge in [0.25, 0.3) is 5.91 Å². The second-order valence-electron chi connectivity index (χ2n) is 4.68. The summed E-state index contributed by atoms with van der Waals surface area (Å²) in [7, 11) is 1.70. The predicted molar refractivity (Wildman–Crippen MR) is 74.8 cm³/mol. The maximum Gasteiger partial charge on any atom is 0.273 e. The number of amides is 1. The summed E-state index contributed by atoms with van der Waals surface area (Å²) >= 11 is 0. The molecule has 1 aromatic heterocycles. The summed E-state index contributed by atoms with van der Waals surface area (Å²) in [4.78, 5) is 11.9. The molecule has 3 N–H and O–H groups in total. The lowest BCUT2D eigenvalue weighted by molar-refractivity contribution is 0.0949. The van der Waals surface area contributed by atoms with Crippen LogP contribution in [0.3, 0.4) is 0 Å². The van der Waals surface area contributed by atoms with Crippen molar-refractivity contribution < 1.29 is 9.18 Å². The smallest absolute Gasteiger partial charge is 0.273 e. The van der Waals surface area contributed by atoms with Crippen molar-refractivity contribution in [3.8, 4) is 0 Å². The summed E-state index contributed by atoms with van der Waals surface area (Å²) in [6, 6.07) is 4.63. The molecule has 0 aliphatic rings. The Balaban J connectivity index is 1.93. The van der Waals surface area contributed by atoms with Crippen molar-refractivity contribution in [1.82, 2.24) is 15.1 Å². The Labute approximate surface area is 116 Å². The van der Waals surface area contributed by atoms with Gasteiger partial charge >= 0.3 is 0 Å². The molecule has 1 aromatic carbocycles. The van der Waals surface area contributed by atoms with Gasteiger partial charge in [-0.1, -0.05) is 6.07 Å². The Bertz CT molecular complexity index is 636. The Kier molecular flexibility index (Phi) is 4.02. The topological polar surface area (TPSA) is 72.9 Å². The molecule has 1 amide bonds. The minimum Gasteiger partial charge on any atom is -0.396 e. The van der Waals surface area contributed by atoms with Crippen molar-refractivity contribution in [2.24, 2.45) is 7.05 Å². The molecule has 2 aromatic rings. The first-order valence-corrected chi connectivity index (χ1v) is 6.29. The van der Waals surface area contributed by atoms with Gasteiger partial charge in [0.15, 0.2) is 5.69 Å². The molecular weight excluding hydrogens is 259 g/mol. The van der Waals surface area contributed by atoms with E-state index in [0.717, 1.165) is 11.1 Å². The summed E-state index contributed by atoms with van der Waals surface area (Å²) < 4.78 is 14.5. The van der Waals surface area contributed by atoms with Gasteiger partial charge in [0.05, 0.1) is 5.69 Å². The standard InChI is InChI=1S/C14H17FN4O/c1-9-7-11(15)4-3-10(9)5-6-17-14(20)13-12(16)8-19(2)18-13/h3-4,7-8H,5-6,16H2,1-2H3,(H,17,20). The van der Waals surface area contributed by atoms with Gasteiger partial charge in [-0.2, -0.15) is 5.10 Å². The van der Waals surface area contributed by atoms with Gasteiger partial charge in [0.1, 0.15) is 5.82 Å². The second kappa shape index (κ2) is 5.73. The van der Waals surface area contributed by atoms with E-state index in [2.05, 4.69) is 10.4 Å². The number of halogens is 1. The number of carbonyl (C=O) groups is 1. The van der Waals surface area contributed by atoms with E-state index in [1.807, 2.05) is 6.92 Å². The molecule has 1 heterocycles. The number of aromatic nitrogens is 2. The van der Waals surface area contributed by atoms with E-state index in [1.54, 1.807) is 19.3 Å². The normalized spacial score (nSPS) is 10.6. The van der Waals surface area contributed by atoms with Crippen LogP contribution in [-0.4, -0.2) is 22.2 Å². The third-order valence-electron chi connectivity index (χ3n) is 3.06. The van der Waals surface area contributed by atoms with Crippen LogP contribution in [0, 0.1) is 12.7 Å².